The number of rotatable bonds is 53. The van der Waals surface area contributed by atoms with Crippen molar-refractivity contribution in [3.05, 3.63) is 54.6 Å². The highest BCUT2D eigenvalue weighted by Crippen LogP contribution is 2.37. The van der Waals surface area contributed by atoms with Gasteiger partial charge in [0.1, 0.15) is 5.75 Å². The van der Waals surface area contributed by atoms with Crippen LogP contribution in [-0.4, -0.2) is 52.7 Å². The number of esters is 1. The van der Waals surface area contributed by atoms with Crippen LogP contribution in [0.3, 0.4) is 0 Å². The third kappa shape index (κ3) is 29.1. The molecule has 12 nitrogen and oxygen atoms in total. The van der Waals surface area contributed by atoms with Crippen LogP contribution < -0.4 is 23.7 Å². The summed E-state index contributed by atoms with van der Waals surface area (Å²) in [6, 6.07) is 16.9. The molecule has 0 atom stereocenters. The summed E-state index contributed by atoms with van der Waals surface area (Å²) < 4.78 is 43.2. The van der Waals surface area contributed by atoms with Gasteiger partial charge in [-0.1, -0.05) is 269 Å². The highest BCUT2D eigenvalue weighted by atomic mass is 16.5. The Morgan fingerprint density at radius 3 is 0.893 bits per heavy atom. The fourth-order valence-corrected chi connectivity index (χ4v) is 10.8. The molecule has 0 aliphatic heterocycles. The van der Waals surface area contributed by atoms with Crippen molar-refractivity contribution in [2.45, 2.75) is 291 Å². The van der Waals surface area contributed by atoms with E-state index >= 15 is 0 Å². The van der Waals surface area contributed by atoms with Crippen LogP contribution in [-0.2, 0) is 4.79 Å². The van der Waals surface area contributed by atoms with Crippen molar-refractivity contribution < 1.29 is 37.5 Å². The minimum Gasteiger partial charge on any atom is -0.490 e. The molecule has 2 heterocycles. The zero-order valence-electron chi connectivity index (χ0n) is 53.4. The Hall–Kier alpha value is -5.39. The maximum Gasteiger partial charge on any atom is 0.308 e. The Kier molecular flexibility index (Phi) is 37.2. The van der Waals surface area contributed by atoms with E-state index in [0.29, 0.717) is 60.7 Å². The van der Waals surface area contributed by atoms with Crippen molar-refractivity contribution in [2.24, 2.45) is 0 Å². The van der Waals surface area contributed by atoms with E-state index in [0.717, 1.165) is 74.0 Å². The highest BCUT2D eigenvalue weighted by molar-refractivity contribution is 5.74. The van der Waals surface area contributed by atoms with Crippen LogP contribution in [0.15, 0.2) is 63.6 Å². The molecule has 0 spiro atoms. The Bertz CT molecular complexity index is 2290. The van der Waals surface area contributed by atoms with Gasteiger partial charge in [0.2, 0.25) is 11.6 Å². The topological polar surface area (TPSA) is 141 Å². The van der Waals surface area contributed by atoms with E-state index in [4.69, 9.17) is 42.7 Å². The Labute approximate surface area is 508 Å². The largest absolute Gasteiger partial charge is 0.490 e. The number of carbonyl (C=O) groups excluding carboxylic acids is 1. The number of nitrogens with zero attached hydrogens (tertiary/aromatic N) is 4. The molecule has 0 saturated carbocycles. The number of ether oxygens (including phenoxy) is 5. The lowest BCUT2D eigenvalue weighted by Crippen LogP contribution is -2.03. The lowest BCUT2D eigenvalue weighted by Gasteiger charge is -2.14. The van der Waals surface area contributed by atoms with Crippen LogP contribution in [0.1, 0.15) is 291 Å². The Morgan fingerprint density at radius 2 is 0.607 bits per heavy atom. The first-order chi connectivity index (χ1) is 41.4. The minimum absolute atomic E-state index is 0.228. The molecular weight excluding hydrogens is 1050 g/mol. The fourth-order valence-electron chi connectivity index (χ4n) is 10.8. The van der Waals surface area contributed by atoms with Crippen LogP contribution in [0.25, 0.3) is 45.7 Å². The highest BCUT2D eigenvalue weighted by Gasteiger charge is 2.20. The summed E-state index contributed by atoms with van der Waals surface area (Å²) in [7, 11) is 0. The van der Waals surface area contributed by atoms with E-state index in [1.54, 1.807) is 12.1 Å². The van der Waals surface area contributed by atoms with Gasteiger partial charge in [-0.2, -0.15) is 9.97 Å². The van der Waals surface area contributed by atoms with Gasteiger partial charge in [0.15, 0.2) is 23.0 Å². The molecule has 0 unspecified atom stereocenters. The second kappa shape index (κ2) is 45.0. The molecule has 12 heteroatoms. The van der Waals surface area contributed by atoms with E-state index in [1.807, 2.05) is 42.5 Å². The first kappa shape index (κ1) is 69.4. The SMILES string of the molecule is CCCCCCCCCCCCOc1ccc(-c2noc(-c3cc(OC(C)=O)cc(-c4nc(-c5ccc(OCCCCCCCCCCCC)c(OCCCCCCCCCCCC)c5)no4)c3)n2)cc1OCCCCCCCCCCCC. The van der Waals surface area contributed by atoms with Crippen molar-refractivity contribution in [3.8, 4) is 74.4 Å². The van der Waals surface area contributed by atoms with E-state index in [9.17, 15) is 4.79 Å². The number of aromatic nitrogens is 4. The van der Waals surface area contributed by atoms with Crippen molar-refractivity contribution in [1.29, 1.82) is 0 Å². The van der Waals surface area contributed by atoms with Crippen LogP contribution in [0, 0.1) is 0 Å². The van der Waals surface area contributed by atoms with Crippen molar-refractivity contribution in [1.82, 2.24) is 20.3 Å². The minimum atomic E-state index is -0.475. The number of hydrogen-bond acceptors (Lipinski definition) is 12. The second-order valence-corrected chi connectivity index (χ2v) is 23.6. The van der Waals surface area contributed by atoms with Gasteiger partial charge in [0.25, 0.3) is 11.8 Å². The maximum atomic E-state index is 12.4. The first-order valence-corrected chi connectivity index (χ1v) is 34.2. The van der Waals surface area contributed by atoms with Crippen molar-refractivity contribution in [3.63, 3.8) is 0 Å². The standard InChI is InChI=1S/C72H112N4O8/c1-6-10-14-18-22-26-30-34-38-42-50-78-65-48-46-60(57-67(65)80-52-44-40-36-32-28-24-20-16-12-8-3)69-73-71(83-75-69)62-54-63(56-64(55-62)82-59(5)77)72-74-70(76-84-72)61-47-49-66(79-51-43-39-35-31-27-23-19-15-11-7-2)68(58-61)81-53-45-41-37-33-29-25-21-17-13-9-4/h46-49,54-58H,6-45,50-53H2,1-5H3. The first-order valence-electron chi connectivity index (χ1n) is 34.2. The third-order valence-electron chi connectivity index (χ3n) is 15.9. The molecule has 5 rings (SSSR count). The summed E-state index contributed by atoms with van der Waals surface area (Å²) >= 11 is 0. The summed E-state index contributed by atoms with van der Waals surface area (Å²) in [5.74, 6) is 3.82. The number of unbranched alkanes of at least 4 members (excludes halogenated alkanes) is 36. The third-order valence-corrected chi connectivity index (χ3v) is 15.9. The van der Waals surface area contributed by atoms with Gasteiger partial charge < -0.3 is 32.7 Å². The number of carbonyl (C=O) groups is 1. The Morgan fingerprint density at radius 1 is 0.333 bits per heavy atom. The fraction of sp³-hybridized carbons (Fsp3) is 0.681. The molecule has 0 radical (unpaired) electrons. The van der Waals surface area contributed by atoms with Gasteiger partial charge >= 0.3 is 5.97 Å². The lowest BCUT2D eigenvalue weighted by atomic mass is 10.1. The summed E-state index contributed by atoms with van der Waals surface area (Å²) in [6.45, 7) is 12.9. The molecule has 5 aromatic rings. The van der Waals surface area contributed by atoms with Crippen LogP contribution in [0.2, 0.25) is 0 Å². The molecule has 0 fully saturated rings. The second-order valence-electron chi connectivity index (χ2n) is 23.6. The predicted octanol–water partition coefficient (Wildman–Crippen LogP) is 22.2. The zero-order chi connectivity index (χ0) is 59.3. The summed E-state index contributed by atoms with van der Waals surface area (Å²) in [5, 5.41) is 8.84. The predicted molar refractivity (Wildman–Crippen MR) is 345 cm³/mol. The average molecular weight is 1160 g/mol. The zero-order valence-corrected chi connectivity index (χ0v) is 53.4. The van der Waals surface area contributed by atoms with Gasteiger partial charge in [-0.15, -0.1) is 0 Å². The normalized spacial score (nSPS) is 11.4. The van der Waals surface area contributed by atoms with Gasteiger partial charge in [-0.3, -0.25) is 4.79 Å². The molecule has 0 N–H and O–H groups in total. The van der Waals surface area contributed by atoms with E-state index < -0.39 is 5.97 Å². The molecule has 0 aliphatic rings. The lowest BCUT2D eigenvalue weighted by molar-refractivity contribution is -0.131. The maximum absolute atomic E-state index is 12.4. The molecule has 84 heavy (non-hydrogen) atoms. The van der Waals surface area contributed by atoms with Gasteiger partial charge in [-0.05, 0) is 80.3 Å². The van der Waals surface area contributed by atoms with Gasteiger partial charge in [-0.25, -0.2) is 0 Å². The van der Waals surface area contributed by atoms with Crippen LogP contribution in [0.4, 0.5) is 0 Å². The summed E-state index contributed by atoms with van der Waals surface area (Å²) in [5.41, 5.74) is 2.49. The van der Waals surface area contributed by atoms with Gasteiger partial charge in [0.05, 0.1) is 26.4 Å². The molecule has 0 saturated heterocycles. The van der Waals surface area contributed by atoms with Gasteiger partial charge in [0, 0.05) is 29.2 Å². The smallest absolute Gasteiger partial charge is 0.308 e. The monoisotopic (exact) mass is 1160 g/mol. The number of benzene rings is 3. The summed E-state index contributed by atoms with van der Waals surface area (Å²) in [6.07, 6.45) is 50.6. The Balaban J connectivity index is 1.26. The van der Waals surface area contributed by atoms with Crippen LogP contribution in [0.5, 0.6) is 28.7 Å². The van der Waals surface area contributed by atoms with Crippen molar-refractivity contribution in [2.75, 3.05) is 26.4 Å². The van der Waals surface area contributed by atoms with Crippen LogP contribution >= 0.6 is 0 Å². The molecule has 0 amide bonds. The summed E-state index contributed by atoms with van der Waals surface area (Å²) in [4.78, 5) is 22.1. The van der Waals surface area contributed by atoms with E-state index in [-0.39, 0.29) is 17.5 Å². The van der Waals surface area contributed by atoms with E-state index in [1.165, 1.54) is 212 Å². The molecule has 2 aromatic heterocycles. The van der Waals surface area contributed by atoms with E-state index in [2.05, 4.69) is 38.0 Å². The molecule has 3 aromatic carbocycles. The number of hydrogen-bond donors (Lipinski definition) is 0. The average Bonchev–Trinajstić information content (AvgIpc) is 4.42. The molecule has 0 aliphatic carbocycles. The van der Waals surface area contributed by atoms with Crippen molar-refractivity contribution >= 4 is 5.97 Å². The molecule has 0 bridgehead atoms. The quantitative estimate of drug-likeness (QED) is 0.0208. The molecule has 468 valence electrons. The molecular formula is C72H112N4O8.